The number of likely N-dealkylation sites (N-methyl/N-ethyl adjacent to an activating group) is 1. The van der Waals surface area contributed by atoms with E-state index in [1.807, 2.05) is 44.4 Å². The maximum atomic E-state index is 5.61. The van der Waals surface area contributed by atoms with E-state index in [1.54, 1.807) is 12.4 Å². The van der Waals surface area contributed by atoms with Crippen LogP contribution in [-0.4, -0.2) is 42.1 Å². The molecule has 0 aliphatic rings. The summed E-state index contributed by atoms with van der Waals surface area (Å²) < 4.78 is 6.63. The van der Waals surface area contributed by atoms with Gasteiger partial charge in [0.15, 0.2) is 0 Å². The van der Waals surface area contributed by atoms with Gasteiger partial charge in [0.25, 0.3) is 0 Å². The largest absolute Gasteiger partial charge is 0.476 e. The summed E-state index contributed by atoms with van der Waals surface area (Å²) in [6, 6.07) is 11.8. The molecule has 0 saturated carbocycles. The maximum absolute atomic E-state index is 5.61. The summed E-state index contributed by atoms with van der Waals surface area (Å²) in [6.07, 6.45) is 3.57. The van der Waals surface area contributed by atoms with Crippen LogP contribution in [0, 0.1) is 0 Å². The first kappa shape index (κ1) is 16.7. The lowest BCUT2D eigenvalue weighted by Gasteiger charge is -2.12. The van der Waals surface area contributed by atoms with Crippen LogP contribution in [0.5, 0.6) is 5.88 Å². The highest BCUT2D eigenvalue weighted by Crippen LogP contribution is 2.27. The zero-order valence-corrected chi connectivity index (χ0v) is 15.2. The van der Waals surface area contributed by atoms with Crippen molar-refractivity contribution in [2.75, 3.05) is 32.6 Å². The highest BCUT2D eigenvalue weighted by Gasteiger charge is 2.04. The summed E-state index contributed by atoms with van der Waals surface area (Å²) in [7, 11) is 4.03. The van der Waals surface area contributed by atoms with E-state index in [0.29, 0.717) is 12.5 Å². The highest BCUT2D eigenvalue weighted by atomic mass is 79.9. The molecule has 3 rings (SSSR count). The highest BCUT2D eigenvalue weighted by molar-refractivity contribution is 9.10. The molecule has 0 saturated heterocycles. The third-order valence-electron chi connectivity index (χ3n) is 3.51. The van der Waals surface area contributed by atoms with Gasteiger partial charge in [-0.3, -0.25) is 4.98 Å². The molecule has 0 fully saturated rings. The molecule has 6 heteroatoms. The van der Waals surface area contributed by atoms with Gasteiger partial charge in [-0.25, -0.2) is 4.98 Å². The molecule has 0 radical (unpaired) electrons. The summed E-state index contributed by atoms with van der Waals surface area (Å²) in [5, 5.41) is 4.44. The summed E-state index contributed by atoms with van der Waals surface area (Å²) >= 11 is 3.51. The third-order valence-corrected chi connectivity index (χ3v) is 4.00. The van der Waals surface area contributed by atoms with E-state index in [2.05, 4.69) is 42.2 Å². The summed E-state index contributed by atoms with van der Waals surface area (Å²) in [5.41, 5.74) is 2.84. The monoisotopic (exact) mass is 386 g/mol. The Morgan fingerprint density at radius 2 is 2.00 bits per heavy atom. The average Bonchev–Trinajstić information content (AvgIpc) is 2.57. The lowest BCUT2D eigenvalue weighted by atomic mass is 10.2. The Labute approximate surface area is 149 Å². The molecular formula is C18H19BrN4O. The summed E-state index contributed by atoms with van der Waals surface area (Å²) in [4.78, 5) is 10.8. The third kappa shape index (κ3) is 4.21. The van der Waals surface area contributed by atoms with Crippen molar-refractivity contribution in [3.8, 4) is 5.88 Å². The minimum atomic E-state index is 0.621. The fourth-order valence-corrected chi connectivity index (χ4v) is 2.62. The molecule has 0 atom stereocenters. The second-order valence-electron chi connectivity index (χ2n) is 5.68. The van der Waals surface area contributed by atoms with Gasteiger partial charge in [0.05, 0.1) is 17.4 Å². The number of anilines is 2. The van der Waals surface area contributed by atoms with Crippen LogP contribution in [0.25, 0.3) is 10.9 Å². The number of nitrogens with zero attached hydrogens (tertiary/aromatic N) is 3. The predicted octanol–water partition coefficient (Wildman–Crippen LogP) is 4.08. The number of aromatic nitrogens is 2. The van der Waals surface area contributed by atoms with Crippen molar-refractivity contribution in [1.29, 1.82) is 0 Å². The van der Waals surface area contributed by atoms with E-state index in [0.717, 1.165) is 33.3 Å². The van der Waals surface area contributed by atoms with Crippen molar-refractivity contribution < 1.29 is 4.74 Å². The van der Waals surface area contributed by atoms with E-state index in [9.17, 15) is 0 Å². The minimum absolute atomic E-state index is 0.621. The van der Waals surface area contributed by atoms with Crippen LogP contribution >= 0.6 is 15.9 Å². The van der Waals surface area contributed by atoms with Crippen molar-refractivity contribution in [2.24, 2.45) is 0 Å². The Balaban J connectivity index is 1.73. The van der Waals surface area contributed by atoms with Crippen molar-refractivity contribution in [3.05, 3.63) is 53.3 Å². The Bertz CT molecular complexity index is 821. The first-order chi connectivity index (χ1) is 11.6. The number of hydrogen-bond donors (Lipinski definition) is 1. The molecule has 3 aromatic rings. The number of hydrogen-bond acceptors (Lipinski definition) is 5. The van der Waals surface area contributed by atoms with Gasteiger partial charge in [0.2, 0.25) is 5.88 Å². The van der Waals surface area contributed by atoms with E-state index >= 15 is 0 Å². The molecule has 124 valence electrons. The Morgan fingerprint density at radius 1 is 1.12 bits per heavy atom. The number of rotatable bonds is 6. The summed E-state index contributed by atoms with van der Waals surface area (Å²) in [5.74, 6) is 0.629. The predicted molar refractivity (Wildman–Crippen MR) is 101 cm³/mol. The van der Waals surface area contributed by atoms with Crippen molar-refractivity contribution in [1.82, 2.24) is 14.9 Å². The topological polar surface area (TPSA) is 50.3 Å². The second kappa shape index (κ2) is 7.59. The van der Waals surface area contributed by atoms with Gasteiger partial charge in [-0.05, 0) is 44.4 Å². The van der Waals surface area contributed by atoms with Gasteiger partial charge in [-0.15, -0.1) is 0 Å². The van der Waals surface area contributed by atoms with Gasteiger partial charge in [-0.1, -0.05) is 15.9 Å². The number of nitrogens with one attached hydrogen (secondary N) is 1. The number of halogens is 1. The normalized spacial score (nSPS) is 11.0. The Kier molecular flexibility index (Phi) is 5.27. The minimum Gasteiger partial charge on any atom is -0.476 e. The zero-order chi connectivity index (χ0) is 16.9. The molecule has 1 N–H and O–H groups in total. The van der Waals surface area contributed by atoms with Gasteiger partial charge >= 0.3 is 0 Å². The molecule has 0 bridgehead atoms. The molecular weight excluding hydrogens is 368 g/mol. The van der Waals surface area contributed by atoms with Crippen LogP contribution in [-0.2, 0) is 0 Å². The van der Waals surface area contributed by atoms with Crippen LogP contribution in [0.4, 0.5) is 11.4 Å². The molecule has 0 amide bonds. The van der Waals surface area contributed by atoms with Crippen LogP contribution < -0.4 is 10.1 Å². The summed E-state index contributed by atoms with van der Waals surface area (Å²) in [6.45, 7) is 1.48. The van der Waals surface area contributed by atoms with Gasteiger partial charge in [0, 0.05) is 34.4 Å². The lowest BCUT2D eigenvalue weighted by Crippen LogP contribution is -2.19. The van der Waals surface area contributed by atoms with Gasteiger partial charge in [0.1, 0.15) is 6.61 Å². The van der Waals surface area contributed by atoms with Crippen molar-refractivity contribution >= 4 is 38.2 Å². The molecule has 0 unspecified atom stereocenters. The molecule has 5 nitrogen and oxygen atoms in total. The van der Waals surface area contributed by atoms with E-state index < -0.39 is 0 Å². The zero-order valence-electron chi connectivity index (χ0n) is 13.7. The van der Waals surface area contributed by atoms with Crippen LogP contribution in [0.2, 0.25) is 0 Å². The average molecular weight is 387 g/mol. The quantitative estimate of drug-likeness (QED) is 0.691. The lowest BCUT2D eigenvalue weighted by molar-refractivity contribution is 0.254. The smallest absolute Gasteiger partial charge is 0.213 e. The second-order valence-corrected chi connectivity index (χ2v) is 6.60. The Hall–Kier alpha value is -2.18. The van der Waals surface area contributed by atoms with Crippen LogP contribution in [0.1, 0.15) is 0 Å². The molecule has 0 aliphatic carbocycles. The van der Waals surface area contributed by atoms with Crippen molar-refractivity contribution in [3.63, 3.8) is 0 Å². The van der Waals surface area contributed by atoms with Crippen LogP contribution in [0.15, 0.2) is 53.3 Å². The SMILES string of the molecule is CN(C)CCOc1ccc(Nc2ccnc3ccc(Br)cc23)cn1. The number of fused-ring (bicyclic) bond motifs is 1. The molecule has 24 heavy (non-hydrogen) atoms. The molecule has 0 spiro atoms. The Morgan fingerprint density at radius 3 is 2.75 bits per heavy atom. The van der Waals surface area contributed by atoms with Gasteiger partial charge < -0.3 is 15.0 Å². The fraction of sp³-hybridized carbons (Fsp3) is 0.222. The fourth-order valence-electron chi connectivity index (χ4n) is 2.26. The first-order valence-electron chi connectivity index (χ1n) is 7.67. The maximum Gasteiger partial charge on any atom is 0.213 e. The molecule has 2 aromatic heterocycles. The number of pyridine rings is 2. The van der Waals surface area contributed by atoms with Crippen LogP contribution in [0.3, 0.4) is 0 Å². The number of benzene rings is 1. The molecule has 0 aliphatic heterocycles. The standard InChI is InChI=1S/C18H19BrN4O/c1-23(2)9-10-24-18-6-4-14(12-21-18)22-17-7-8-20-16-5-3-13(19)11-15(16)17/h3-8,11-12H,9-10H2,1-2H3,(H,20,22). The van der Waals surface area contributed by atoms with E-state index in [-0.39, 0.29) is 0 Å². The molecule has 2 heterocycles. The van der Waals surface area contributed by atoms with Gasteiger partial charge in [-0.2, -0.15) is 0 Å². The number of ether oxygens (including phenoxy) is 1. The van der Waals surface area contributed by atoms with E-state index in [4.69, 9.17) is 4.74 Å². The molecule has 1 aromatic carbocycles. The van der Waals surface area contributed by atoms with Crippen molar-refractivity contribution in [2.45, 2.75) is 0 Å². The first-order valence-corrected chi connectivity index (χ1v) is 8.46. The van der Waals surface area contributed by atoms with E-state index in [1.165, 1.54) is 0 Å².